The van der Waals surface area contributed by atoms with E-state index in [1.165, 1.54) is 38.1 Å². The van der Waals surface area contributed by atoms with Crippen molar-refractivity contribution in [3.8, 4) is 0 Å². The molecule has 0 radical (unpaired) electrons. The first-order chi connectivity index (χ1) is 36.8. The van der Waals surface area contributed by atoms with Gasteiger partial charge in [-0.25, -0.2) is 0 Å². The lowest BCUT2D eigenvalue weighted by molar-refractivity contribution is -0.384. The molecule has 10 atom stereocenters. The van der Waals surface area contributed by atoms with Gasteiger partial charge in [-0.15, -0.1) is 0 Å². The Balaban J connectivity index is 3.61. The predicted octanol–water partition coefficient (Wildman–Crippen LogP) is -1.66. The lowest BCUT2D eigenvalue weighted by atomic mass is 9.96. The van der Waals surface area contributed by atoms with Crippen LogP contribution in [0.3, 0.4) is 0 Å². The van der Waals surface area contributed by atoms with Crippen molar-refractivity contribution in [1.82, 2.24) is 42.5 Å². The first kappa shape index (κ1) is 68.5. The quantitative estimate of drug-likeness (QED) is 0.0115. The van der Waals surface area contributed by atoms with Crippen LogP contribution in [0.4, 0.5) is 5.69 Å². The molecule has 0 saturated carbocycles. The van der Waals surface area contributed by atoms with Crippen LogP contribution >= 0.6 is 0 Å². The number of guanidine groups is 1. The summed E-state index contributed by atoms with van der Waals surface area (Å²) in [6, 6.07) is -6.54. The van der Waals surface area contributed by atoms with Gasteiger partial charge in [0.05, 0.1) is 11.0 Å². The number of rotatable bonds is 39. The van der Waals surface area contributed by atoms with Gasteiger partial charge in [0, 0.05) is 31.5 Å². The van der Waals surface area contributed by atoms with Crippen molar-refractivity contribution in [3.05, 3.63) is 39.9 Å². The van der Waals surface area contributed by atoms with Crippen molar-refractivity contribution >= 4 is 70.8 Å². The molecule has 0 spiro atoms. The molecule has 0 fully saturated rings. The van der Waals surface area contributed by atoms with Crippen LogP contribution in [0, 0.1) is 16.0 Å². The van der Waals surface area contributed by atoms with Crippen LogP contribution in [0.1, 0.15) is 137 Å². The number of hydrogen-bond acceptors (Lipinski definition) is 15. The van der Waals surface area contributed by atoms with Gasteiger partial charge in [0.1, 0.15) is 48.3 Å². The molecule has 0 aliphatic heterocycles. The Morgan fingerprint density at radius 1 is 0.577 bits per heavy atom. The van der Waals surface area contributed by atoms with Crippen LogP contribution in [-0.4, -0.2) is 143 Å². The molecule has 0 aromatic heterocycles. The molecular formula is C50H85N15O13. The molecular weight excluding hydrogens is 1020 g/mol. The number of benzene rings is 1. The summed E-state index contributed by atoms with van der Waals surface area (Å²) in [5.74, 6) is -9.54. The summed E-state index contributed by atoms with van der Waals surface area (Å²) >= 11 is 0. The SMILES string of the molecule is CCCC[C@H](NC(=O)[C@H](C)NC(=O)[C@H](CCC(=O)O)NC(=O)[C@H](Cc1ccc([N+](=O)[O-])cc1)NC(=O)[C@H](CCCC)NC(=O)C(NC(=O)[C@H](CCCN=C(N)N)NC(=O)[C@H](C)NC(=O)[C@@H](N)CCCCN)[C@@H](C)CC)C(N)=O. The van der Waals surface area contributed by atoms with E-state index in [2.05, 4.69) is 47.5 Å². The average molecular weight is 1100 g/mol. The highest BCUT2D eigenvalue weighted by Crippen LogP contribution is 2.16. The number of nitro benzene ring substituents is 1. The second-order valence-corrected chi connectivity index (χ2v) is 19.2. The van der Waals surface area contributed by atoms with E-state index in [9.17, 15) is 63.2 Å². The smallest absolute Gasteiger partial charge is 0.303 e. The molecule has 1 unspecified atom stereocenters. The number of nitro groups is 1. The summed E-state index contributed by atoms with van der Waals surface area (Å²) in [6.45, 7) is 10.3. The van der Waals surface area contributed by atoms with Crippen LogP contribution in [0.15, 0.2) is 29.3 Å². The number of amides is 9. The monoisotopic (exact) mass is 1100 g/mol. The second-order valence-electron chi connectivity index (χ2n) is 19.2. The van der Waals surface area contributed by atoms with Crippen LogP contribution < -0.4 is 71.2 Å². The molecule has 1 rings (SSSR count). The summed E-state index contributed by atoms with van der Waals surface area (Å²) in [7, 11) is 0. The number of carbonyl (C=O) groups excluding carboxylic acids is 9. The summed E-state index contributed by atoms with van der Waals surface area (Å²) in [5.41, 5.74) is 28.0. The van der Waals surface area contributed by atoms with Gasteiger partial charge in [0.25, 0.3) is 5.69 Å². The molecule has 0 saturated heterocycles. The van der Waals surface area contributed by atoms with Gasteiger partial charge in [-0.2, -0.15) is 0 Å². The van der Waals surface area contributed by atoms with Crippen LogP contribution in [0.2, 0.25) is 0 Å². The number of nitrogens with two attached hydrogens (primary N) is 5. The van der Waals surface area contributed by atoms with Crippen molar-refractivity contribution in [1.29, 1.82) is 0 Å². The van der Waals surface area contributed by atoms with Crippen molar-refractivity contribution in [2.75, 3.05) is 13.1 Å². The molecule has 0 aliphatic carbocycles. The highest BCUT2D eigenvalue weighted by atomic mass is 16.6. The first-order valence-corrected chi connectivity index (χ1v) is 26.5. The third kappa shape index (κ3) is 26.0. The highest BCUT2D eigenvalue weighted by Gasteiger charge is 2.36. The van der Waals surface area contributed by atoms with E-state index < -0.39 is 137 Å². The summed E-state index contributed by atoms with van der Waals surface area (Å²) in [5, 5.41) is 41.5. The lowest BCUT2D eigenvalue weighted by Gasteiger charge is -2.29. The number of aliphatic imine (C=N–C) groups is 1. The van der Waals surface area contributed by atoms with Crippen molar-refractivity contribution < 1.29 is 58.0 Å². The number of nitrogens with one attached hydrogen (secondary N) is 8. The molecule has 438 valence electrons. The Morgan fingerprint density at radius 3 is 1.55 bits per heavy atom. The molecule has 0 bridgehead atoms. The predicted molar refractivity (Wildman–Crippen MR) is 289 cm³/mol. The van der Waals surface area contributed by atoms with Gasteiger partial charge in [-0.3, -0.25) is 63.1 Å². The van der Waals surface area contributed by atoms with E-state index in [0.717, 1.165) is 0 Å². The van der Waals surface area contributed by atoms with Crippen LogP contribution in [0.5, 0.6) is 0 Å². The molecule has 78 heavy (non-hydrogen) atoms. The van der Waals surface area contributed by atoms with E-state index in [0.29, 0.717) is 63.5 Å². The number of non-ortho nitro benzene ring substituents is 1. The van der Waals surface area contributed by atoms with E-state index in [-0.39, 0.29) is 50.3 Å². The van der Waals surface area contributed by atoms with E-state index in [1.807, 2.05) is 13.8 Å². The average Bonchev–Trinajstić information content (AvgIpc) is 3.38. The number of carboxylic acid groups (broad SMARTS) is 1. The van der Waals surface area contributed by atoms with Crippen molar-refractivity contribution in [2.45, 2.75) is 192 Å². The third-order valence-corrected chi connectivity index (χ3v) is 12.7. The van der Waals surface area contributed by atoms with Crippen molar-refractivity contribution in [3.63, 3.8) is 0 Å². The minimum Gasteiger partial charge on any atom is -0.481 e. The lowest BCUT2D eigenvalue weighted by Crippen LogP contribution is -2.61. The normalized spacial score (nSPS) is 14.8. The number of primary amides is 1. The maximum Gasteiger partial charge on any atom is 0.303 e. The maximum atomic E-state index is 14.4. The van der Waals surface area contributed by atoms with E-state index >= 15 is 0 Å². The zero-order valence-corrected chi connectivity index (χ0v) is 45.7. The first-order valence-electron chi connectivity index (χ1n) is 26.5. The molecule has 28 nitrogen and oxygen atoms in total. The molecule has 0 aliphatic rings. The molecule has 1 aromatic carbocycles. The van der Waals surface area contributed by atoms with Gasteiger partial charge < -0.3 is 76.3 Å². The second kappa shape index (κ2) is 36.5. The van der Waals surface area contributed by atoms with E-state index in [4.69, 9.17) is 28.7 Å². The van der Waals surface area contributed by atoms with Gasteiger partial charge in [0.15, 0.2) is 5.96 Å². The third-order valence-electron chi connectivity index (χ3n) is 12.7. The maximum absolute atomic E-state index is 14.4. The van der Waals surface area contributed by atoms with Crippen LogP contribution in [0.25, 0.3) is 0 Å². The Kier molecular flexibility index (Phi) is 32.1. The summed E-state index contributed by atoms with van der Waals surface area (Å²) < 4.78 is 0. The fraction of sp³-hybridized carbons (Fsp3) is 0.660. The van der Waals surface area contributed by atoms with Gasteiger partial charge in [0.2, 0.25) is 53.2 Å². The molecule has 1 aromatic rings. The van der Waals surface area contributed by atoms with Crippen LogP contribution in [-0.2, 0) is 54.4 Å². The number of carboxylic acids is 1. The molecule has 19 N–H and O–H groups in total. The number of carbonyl (C=O) groups is 10. The van der Waals surface area contributed by atoms with E-state index in [1.54, 1.807) is 13.8 Å². The fourth-order valence-electron chi connectivity index (χ4n) is 7.64. The summed E-state index contributed by atoms with van der Waals surface area (Å²) in [6.07, 6.45) is 3.03. The standard InChI is InChI=1S/C50H85N15O13/c1-7-10-16-34(41(53)68)59-42(69)30(6)58-45(72)37(23-24-39(66)67)61-48(75)38(27-31-19-21-32(22-20-31)65(77)78)63-46(73)35(17-11-8-2)62-49(76)40(28(4)9-3)64-47(74)36(18-14-26-56-50(54)55)60-43(70)29(5)57-44(71)33(52)15-12-13-25-51/h19-22,28-30,33-38,40H,7-18,23-27,51-52H2,1-6H3,(H2,53,68)(H,57,71)(H,58,72)(H,59,69)(H,60,70)(H,61,75)(H,62,76)(H,63,73)(H,64,74)(H,66,67)(H4,54,55,56)/t28-,29-,30-,33-,34-,35-,36-,37-,38-,40?/m0/s1. The Morgan fingerprint density at radius 2 is 1.04 bits per heavy atom. The largest absolute Gasteiger partial charge is 0.481 e. The zero-order chi connectivity index (χ0) is 59.1. The number of unbranched alkanes of at least 4 members (excludes halogenated alkanes) is 3. The summed E-state index contributed by atoms with van der Waals surface area (Å²) in [4.78, 5) is 149. The minimum atomic E-state index is -1.61. The highest BCUT2D eigenvalue weighted by molar-refractivity contribution is 5.98. The number of nitrogens with zero attached hydrogens (tertiary/aromatic N) is 2. The Hall–Kier alpha value is -7.49. The molecule has 0 heterocycles. The Labute approximate surface area is 455 Å². The fourth-order valence-corrected chi connectivity index (χ4v) is 7.64. The zero-order valence-electron chi connectivity index (χ0n) is 45.7. The van der Waals surface area contributed by atoms with Crippen molar-refractivity contribution in [2.24, 2.45) is 39.6 Å². The van der Waals surface area contributed by atoms with Gasteiger partial charge in [-0.05, 0) is 76.8 Å². The topological polar surface area (TPSA) is 473 Å². The van der Waals surface area contributed by atoms with Gasteiger partial charge in [-0.1, -0.05) is 78.4 Å². The number of aliphatic carboxylic acids is 1. The number of hydrogen-bond donors (Lipinski definition) is 14. The van der Waals surface area contributed by atoms with Gasteiger partial charge >= 0.3 is 5.97 Å². The Bertz CT molecular complexity index is 2200. The molecule has 28 heteroatoms. The minimum absolute atomic E-state index is 0.0174. The molecule has 9 amide bonds.